The zero-order valence-electron chi connectivity index (χ0n) is 19.3. The summed E-state index contributed by atoms with van der Waals surface area (Å²) in [7, 11) is 0. The fourth-order valence-electron chi connectivity index (χ4n) is 4.01. The highest BCUT2D eigenvalue weighted by Gasteiger charge is 2.63. The first-order valence-electron chi connectivity index (χ1n) is 10.8. The van der Waals surface area contributed by atoms with Crippen molar-refractivity contribution >= 4 is 29.5 Å². The summed E-state index contributed by atoms with van der Waals surface area (Å²) in [6.07, 6.45) is 0.215. The first-order valence-corrected chi connectivity index (χ1v) is 11.6. The molecule has 3 atom stereocenters. The van der Waals surface area contributed by atoms with Crippen molar-refractivity contribution in [3.63, 3.8) is 0 Å². The topological polar surface area (TPSA) is 119 Å². The van der Waals surface area contributed by atoms with E-state index in [-0.39, 0.29) is 36.3 Å². The summed E-state index contributed by atoms with van der Waals surface area (Å²) < 4.78 is 6.36. The van der Waals surface area contributed by atoms with Gasteiger partial charge in [-0.3, -0.25) is 14.4 Å². The Kier molecular flexibility index (Phi) is 5.94. The Morgan fingerprint density at radius 3 is 2.58 bits per heavy atom. The molecule has 1 aromatic heterocycles. The molecule has 2 aliphatic rings. The van der Waals surface area contributed by atoms with Gasteiger partial charge in [0.25, 0.3) is 0 Å². The second-order valence-corrected chi connectivity index (χ2v) is 11.6. The van der Waals surface area contributed by atoms with E-state index >= 15 is 0 Å². The molecule has 33 heavy (non-hydrogen) atoms. The number of carbonyl (C=O) groups is 3. The molecule has 0 saturated carbocycles. The second kappa shape index (κ2) is 8.44. The van der Waals surface area contributed by atoms with Gasteiger partial charge in [-0.05, 0) is 50.6 Å². The molecule has 10 nitrogen and oxygen atoms in total. The number of β-lactam (4-membered cyclic amide) rings is 1. The maximum absolute atomic E-state index is 13.1. The van der Waals surface area contributed by atoms with E-state index in [2.05, 4.69) is 20.8 Å². The Morgan fingerprint density at radius 1 is 1.21 bits per heavy atom. The van der Waals surface area contributed by atoms with E-state index in [1.807, 2.05) is 44.2 Å². The molecular weight excluding hydrogens is 444 g/mol. The van der Waals surface area contributed by atoms with Gasteiger partial charge in [0, 0.05) is 4.75 Å². The van der Waals surface area contributed by atoms with Gasteiger partial charge >= 0.3 is 5.97 Å². The highest BCUT2D eigenvalue weighted by atomic mass is 32.2. The first kappa shape index (κ1) is 23.2. The molecule has 2 aromatic rings. The standard InChI is InChI=1S/C22H28N6O4S/c1-21(2,3)20(31)32-12-27-17(24-25-26-27)16-22(4,5)33-19-15(18(30)28(16)19)23-14(29)11-13-9-7-6-8-10-13/h6-10,15-16,19H,11-12H2,1-5H3,(H,23,29)/t15?,16?,19-/m1/s1. The number of amides is 2. The average Bonchev–Trinajstić information content (AvgIpc) is 3.29. The largest absolute Gasteiger partial charge is 0.442 e. The zero-order chi connectivity index (χ0) is 24.0. The van der Waals surface area contributed by atoms with E-state index in [0.29, 0.717) is 5.82 Å². The smallest absolute Gasteiger partial charge is 0.313 e. The van der Waals surface area contributed by atoms with Crippen molar-refractivity contribution in [2.24, 2.45) is 5.41 Å². The second-order valence-electron chi connectivity index (χ2n) is 9.81. The number of benzene rings is 1. The molecule has 2 unspecified atom stereocenters. The molecule has 11 heteroatoms. The van der Waals surface area contributed by atoms with Crippen molar-refractivity contribution in [3.8, 4) is 0 Å². The fourth-order valence-corrected chi connectivity index (χ4v) is 5.64. The van der Waals surface area contributed by atoms with Gasteiger partial charge in [0.05, 0.1) is 11.8 Å². The normalized spacial score (nSPS) is 23.6. The molecule has 3 heterocycles. The molecule has 1 N–H and O–H groups in total. The Morgan fingerprint density at radius 2 is 1.91 bits per heavy atom. The number of nitrogens with zero attached hydrogens (tertiary/aromatic N) is 5. The van der Waals surface area contributed by atoms with E-state index in [0.717, 1.165) is 5.56 Å². The van der Waals surface area contributed by atoms with Crippen LogP contribution in [0.15, 0.2) is 30.3 Å². The molecule has 2 fully saturated rings. The van der Waals surface area contributed by atoms with E-state index in [1.165, 1.54) is 4.68 Å². The number of carbonyl (C=O) groups excluding carboxylic acids is 3. The number of rotatable bonds is 6. The first-order chi connectivity index (χ1) is 15.5. The minimum Gasteiger partial charge on any atom is -0.442 e. The third-order valence-corrected chi connectivity index (χ3v) is 7.27. The van der Waals surface area contributed by atoms with Gasteiger partial charge < -0.3 is 15.0 Å². The number of tetrazole rings is 1. The molecule has 2 amide bonds. The van der Waals surface area contributed by atoms with Gasteiger partial charge in [0.2, 0.25) is 11.8 Å². The summed E-state index contributed by atoms with van der Waals surface area (Å²) in [5, 5.41) is 14.5. The number of hydrogen-bond donors (Lipinski definition) is 1. The maximum atomic E-state index is 13.1. The Balaban J connectivity index is 1.46. The highest BCUT2D eigenvalue weighted by molar-refractivity contribution is 8.01. The SMILES string of the molecule is CC(C)(C)C(=O)OCn1nnnc1C1N2C(=O)C(NC(=O)Cc3ccccc3)[C@H]2SC1(C)C. The van der Waals surface area contributed by atoms with Crippen LogP contribution in [0.5, 0.6) is 0 Å². The van der Waals surface area contributed by atoms with Crippen molar-refractivity contribution in [3.05, 3.63) is 41.7 Å². The van der Waals surface area contributed by atoms with E-state index in [9.17, 15) is 14.4 Å². The zero-order valence-corrected chi connectivity index (χ0v) is 20.1. The van der Waals surface area contributed by atoms with Crippen LogP contribution in [-0.2, 0) is 32.3 Å². The van der Waals surface area contributed by atoms with Crippen molar-refractivity contribution in [1.82, 2.24) is 30.4 Å². The van der Waals surface area contributed by atoms with Crippen LogP contribution in [0.4, 0.5) is 0 Å². The van der Waals surface area contributed by atoms with Crippen LogP contribution in [-0.4, -0.2) is 59.1 Å². The number of esters is 1. The molecule has 0 bridgehead atoms. The summed E-state index contributed by atoms with van der Waals surface area (Å²) in [6, 6.07) is 8.38. The van der Waals surface area contributed by atoms with E-state index in [1.54, 1.807) is 37.4 Å². The Hall–Kier alpha value is -2.95. The van der Waals surface area contributed by atoms with Crippen LogP contribution in [0.2, 0.25) is 0 Å². The van der Waals surface area contributed by atoms with Crippen LogP contribution in [0, 0.1) is 5.41 Å². The Labute approximate surface area is 196 Å². The molecule has 0 radical (unpaired) electrons. The lowest BCUT2D eigenvalue weighted by Crippen LogP contribution is -2.68. The number of aromatic nitrogens is 4. The Bertz CT molecular complexity index is 1060. The van der Waals surface area contributed by atoms with Crippen molar-refractivity contribution in [1.29, 1.82) is 0 Å². The van der Waals surface area contributed by atoms with Crippen LogP contribution in [0.3, 0.4) is 0 Å². The highest BCUT2D eigenvalue weighted by Crippen LogP contribution is 2.56. The third-order valence-electron chi connectivity index (χ3n) is 5.70. The summed E-state index contributed by atoms with van der Waals surface area (Å²) in [5.74, 6) is -0.298. The van der Waals surface area contributed by atoms with Crippen LogP contribution in [0.1, 0.15) is 52.0 Å². The quantitative estimate of drug-likeness (QED) is 0.498. The molecule has 4 rings (SSSR count). The molecule has 0 spiro atoms. The minimum atomic E-state index is -0.652. The van der Waals surface area contributed by atoms with Gasteiger partial charge in [-0.25, -0.2) is 0 Å². The van der Waals surface area contributed by atoms with Crippen LogP contribution in [0.25, 0.3) is 0 Å². The maximum Gasteiger partial charge on any atom is 0.313 e. The molecular formula is C22H28N6O4S. The van der Waals surface area contributed by atoms with Gasteiger partial charge in [-0.2, -0.15) is 4.68 Å². The van der Waals surface area contributed by atoms with E-state index in [4.69, 9.17) is 4.74 Å². The van der Waals surface area contributed by atoms with Crippen molar-refractivity contribution in [2.75, 3.05) is 0 Å². The molecule has 2 aliphatic heterocycles. The molecule has 2 saturated heterocycles. The van der Waals surface area contributed by atoms with E-state index < -0.39 is 22.2 Å². The number of ether oxygens (including phenoxy) is 1. The fraction of sp³-hybridized carbons (Fsp3) is 0.545. The summed E-state index contributed by atoms with van der Waals surface area (Å²) in [6.45, 7) is 9.18. The predicted octanol–water partition coefficient (Wildman–Crippen LogP) is 1.68. The van der Waals surface area contributed by atoms with Gasteiger partial charge in [-0.1, -0.05) is 30.3 Å². The van der Waals surface area contributed by atoms with Gasteiger partial charge in [0.15, 0.2) is 12.6 Å². The molecule has 176 valence electrons. The van der Waals surface area contributed by atoms with Crippen molar-refractivity contribution < 1.29 is 19.1 Å². The number of nitrogens with one attached hydrogen (secondary N) is 1. The third kappa shape index (κ3) is 4.46. The van der Waals surface area contributed by atoms with Crippen LogP contribution < -0.4 is 5.32 Å². The monoisotopic (exact) mass is 472 g/mol. The lowest BCUT2D eigenvalue weighted by atomic mass is 9.95. The van der Waals surface area contributed by atoms with Gasteiger partial charge in [-0.15, -0.1) is 16.9 Å². The van der Waals surface area contributed by atoms with Gasteiger partial charge in [0.1, 0.15) is 17.5 Å². The van der Waals surface area contributed by atoms with Crippen molar-refractivity contribution in [2.45, 2.75) is 70.0 Å². The number of hydrogen-bond acceptors (Lipinski definition) is 8. The number of thioether (sulfide) groups is 1. The lowest BCUT2D eigenvalue weighted by molar-refractivity contribution is -0.158. The lowest BCUT2D eigenvalue weighted by Gasteiger charge is -2.44. The minimum absolute atomic E-state index is 0.139. The summed E-state index contributed by atoms with van der Waals surface area (Å²) in [5.41, 5.74) is 0.236. The predicted molar refractivity (Wildman–Crippen MR) is 120 cm³/mol. The average molecular weight is 473 g/mol. The number of fused-ring (bicyclic) bond motifs is 1. The molecule has 0 aliphatic carbocycles. The summed E-state index contributed by atoms with van der Waals surface area (Å²) >= 11 is 1.60. The molecule has 1 aromatic carbocycles. The summed E-state index contributed by atoms with van der Waals surface area (Å²) in [4.78, 5) is 39.5. The van der Waals surface area contributed by atoms with Crippen LogP contribution >= 0.6 is 11.8 Å².